The highest BCUT2D eigenvalue weighted by Gasteiger charge is 2.59. The van der Waals surface area contributed by atoms with Crippen molar-refractivity contribution in [3.63, 3.8) is 0 Å². The fraction of sp³-hybridized carbons (Fsp3) is 0.800. The van der Waals surface area contributed by atoms with Crippen LogP contribution in [-0.2, 0) is 23.8 Å². The summed E-state index contributed by atoms with van der Waals surface area (Å²) < 4.78 is 16.9. The summed E-state index contributed by atoms with van der Waals surface area (Å²) in [6.07, 6.45) is 5.24. The van der Waals surface area contributed by atoms with E-state index in [9.17, 15) is 9.59 Å². The lowest BCUT2D eigenvalue weighted by Crippen LogP contribution is -2.60. The van der Waals surface area contributed by atoms with E-state index < -0.39 is 17.2 Å². The summed E-state index contributed by atoms with van der Waals surface area (Å²) in [6, 6.07) is 0. The van der Waals surface area contributed by atoms with Crippen LogP contribution < -0.4 is 0 Å². The zero-order chi connectivity index (χ0) is 19.1. The molecule has 0 radical (unpaired) electrons. The Morgan fingerprint density at radius 3 is 2.31 bits per heavy atom. The average Bonchev–Trinajstić information content (AvgIpc) is 2.47. The van der Waals surface area contributed by atoms with Crippen LogP contribution in [0.1, 0.15) is 52.9 Å². The van der Waals surface area contributed by atoms with Crippen LogP contribution in [0, 0.1) is 23.7 Å². The van der Waals surface area contributed by atoms with Gasteiger partial charge in [0.2, 0.25) is 0 Å². The zero-order valence-electron chi connectivity index (χ0n) is 15.9. The predicted octanol–water partition coefficient (Wildman–Crippen LogP) is 3.84. The minimum Gasteiger partial charge on any atom is -0.458 e. The van der Waals surface area contributed by atoms with Crippen molar-refractivity contribution >= 4 is 23.5 Å². The number of hydrogen-bond donors (Lipinski definition) is 0. The number of carbonyl (C=O) groups excluding carboxylic acids is 2. The van der Waals surface area contributed by atoms with Gasteiger partial charge in [-0.1, -0.05) is 18.2 Å². The molecule has 4 aliphatic rings. The highest BCUT2D eigenvalue weighted by molar-refractivity contribution is 6.40. The van der Waals surface area contributed by atoms with Gasteiger partial charge in [0.15, 0.2) is 0 Å². The van der Waals surface area contributed by atoms with Gasteiger partial charge in [-0.2, -0.15) is 0 Å². The van der Waals surface area contributed by atoms with Gasteiger partial charge in [0.25, 0.3) is 0 Å². The van der Waals surface area contributed by atoms with E-state index in [0.717, 1.165) is 25.7 Å². The van der Waals surface area contributed by atoms with E-state index >= 15 is 0 Å². The maximum absolute atomic E-state index is 12.1. The lowest BCUT2D eigenvalue weighted by molar-refractivity contribution is -0.214. The molecule has 3 unspecified atom stereocenters. The lowest BCUT2D eigenvalue weighted by Gasteiger charge is -2.60. The number of carbonyl (C=O) groups is 2. The molecule has 4 aliphatic carbocycles. The van der Waals surface area contributed by atoms with E-state index in [1.807, 2.05) is 20.8 Å². The molecule has 4 fully saturated rings. The second-order valence-electron chi connectivity index (χ2n) is 9.17. The Morgan fingerprint density at radius 1 is 1.15 bits per heavy atom. The van der Waals surface area contributed by atoms with Crippen molar-refractivity contribution in [3.8, 4) is 0 Å². The minimum atomic E-state index is -0.536. The standard InChI is InChI=1S/C20H29ClO5/c1-12(21)18(23)26-20-8-13-5-14(9-20)7-15(6-13)16(20)10-24-11-17(22)25-19(2,3)4/h13-16H,1,5-11H2,2-4H3. The van der Waals surface area contributed by atoms with E-state index in [4.69, 9.17) is 25.8 Å². The molecule has 0 aromatic carbocycles. The van der Waals surface area contributed by atoms with Gasteiger partial charge in [0, 0.05) is 5.92 Å². The van der Waals surface area contributed by atoms with E-state index in [0.29, 0.717) is 24.4 Å². The fourth-order valence-electron chi connectivity index (χ4n) is 5.40. The maximum Gasteiger partial charge on any atom is 0.349 e. The van der Waals surface area contributed by atoms with Gasteiger partial charge in [-0.25, -0.2) is 9.59 Å². The highest BCUT2D eigenvalue weighted by Crippen LogP contribution is 2.60. The number of halogens is 1. The Balaban J connectivity index is 1.65. The van der Waals surface area contributed by atoms with Crippen molar-refractivity contribution in [1.82, 2.24) is 0 Å². The van der Waals surface area contributed by atoms with E-state index in [-0.39, 0.29) is 23.5 Å². The summed E-state index contributed by atoms with van der Waals surface area (Å²) in [7, 11) is 0. The van der Waals surface area contributed by atoms with Gasteiger partial charge in [0.05, 0.1) is 6.61 Å². The Hall–Kier alpha value is -1.07. The van der Waals surface area contributed by atoms with Gasteiger partial charge >= 0.3 is 11.9 Å². The molecule has 146 valence electrons. The first-order valence-electron chi connectivity index (χ1n) is 9.45. The number of ether oxygens (including phenoxy) is 3. The molecule has 26 heavy (non-hydrogen) atoms. The monoisotopic (exact) mass is 384 g/mol. The zero-order valence-corrected chi connectivity index (χ0v) is 16.6. The highest BCUT2D eigenvalue weighted by atomic mass is 35.5. The normalized spacial score (nSPS) is 35.2. The first kappa shape index (κ1) is 19.7. The third kappa shape index (κ3) is 4.25. The average molecular weight is 385 g/mol. The van der Waals surface area contributed by atoms with Crippen LogP contribution in [0.25, 0.3) is 0 Å². The Morgan fingerprint density at radius 2 is 1.77 bits per heavy atom. The van der Waals surface area contributed by atoms with Crippen molar-refractivity contribution in [2.24, 2.45) is 23.7 Å². The summed E-state index contributed by atoms with van der Waals surface area (Å²) >= 11 is 5.76. The van der Waals surface area contributed by atoms with Crippen LogP contribution in [0.4, 0.5) is 0 Å². The Kier molecular flexibility index (Phi) is 5.42. The second-order valence-corrected chi connectivity index (χ2v) is 9.63. The molecule has 0 amide bonds. The van der Waals surface area contributed by atoms with Crippen LogP contribution >= 0.6 is 11.6 Å². The summed E-state index contributed by atoms with van der Waals surface area (Å²) in [5, 5.41) is -0.0887. The largest absolute Gasteiger partial charge is 0.458 e. The van der Waals surface area contributed by atoms with Crippen molar-refractivity contribution in [2.75, 3.05) is 13.2 Å². The van der Waals surface area contributed by atoms with E-state index in [2.05, 4.69) is 6.58 Å². The molecule has 0 saturated heterocycles. The van der Waals surface area contributed by atoms with E-state index in [1.54, 1.807) is 0 Å². The summed E-state index contributed by atoms with van der Waals surface area (Å²) in [4.78, 5) is 24.0. The van der Waals surface area contributed by atoms with Crippen LogP contribution in [-0.4, -0.2) is 36.4 Å². The molecule has 0 spiro atoms. The van der Waals surface area contributed by atoms with Gasteiger partial charge in [-0.05, 0) is 70.6 Å². The number of esters is 2. The molecule has 0 N–H and O–H groups in total. The molecular formula is C20H29ClO5. The minimum absolute atomic E-state index is 0.0837. The second kappa shape index (κ2) is 7.16. The molecule has 6 heteroatoms. The van der Waals surface area contributed by atoms with Gasteiger partial charge in [-0.3, -0.25) is 0 Å². The molecular weight excluding hydrogens is 356 g/mol. The number of rotatable bonds is 6. The summed E-state index contributed by atoms with van der Waals surface area (Å²) in [5.41, 5.74) is -1.06. The van der Waals surface area contributed by atoms with Gasteiger partial charge < -0.3 is 14.2 Å². The predicted molar refractivity (Wildman–Crippen MR) is 97.5 cm³/mol. The molecule has 4 saturated carbocycles. The molecule has 0 aliphatic heterocycles. The van der Waals surface area contributed by atoms with Crippen LogP contribution in [0.2, 0.25) is 0 Å². The summed E-state index contributed by atoms with van der Waals surface area (Å²) in [6.45, 7) is 9.30. The third-order valence-corrected chi connectivity index (χ3v) is 6.06. The van der Waals surface area contributed by atoms with Crippen molar-refractivity contribution in [1.29, 1.82) is 0 Å². The molecule has 0 heterocycles. The van der Waals surface area contributed by atoms with Gasteiger partial charge in [-0.15, -0.1) is 0 Å². The lowest BCUT2D eigenvalue weighted by atomic mass is 9.50. The molecule has 4 bridgehead atoms. The quantitative estimate of drug-likeness (QED) is 0.514. The Labute approximate surface area is 160 Å². The molecule has 0 aromatic rings. The maximum atomic E-state index is 12.1. The summed E-state index contributed by atoms with van der Waals surface area (Å²) in [5.74, 6) is 0.859. The van der Waals surface area contributed by atoms with Crippen molar-refractivity contribution < 1.29 is 23.8 Å². The molecule has 4 rings (SSSR count). The third-order valence-electron chi connectivity index (χ3n) is 5.91. The van der Waals surface area contributed by atoms with E-state index in [1.165, 1.54) is 6.42 Å². The number of hydrogen-bond acceptors (Lipinski definition) is 5. The van der Waals surface area contributed by atoms with Crippen LogP contribution in [0.3, 0.4) is 0 Å². The van der Waals surface area contributed by atoms with Crippen LogP contribution in [0.5, 0.6) is 0 Å². The van der Waals surface area contributed by atoms with Gasteiger partial charge in [0.1, 0.15) is 22.8 Å². The Bertz CT molecular complexity index is 579. The molecule has 0 aromatic heterocycles. The first-order chi connectivity index (χ1) is 12.1. The van der Waals surface area contributed by atoms with Crippen molar-refractivity contribution in [2.45, 2.75) is 64.1 Å². The smallest absolute Gasteiger partial charge is 0.349 e. The molecule has 3 atom stereocenters. The van der Waals surface area contributed by atoms with Crippen molar-refractivity contribution in [3.05, 3.63) is 11.6 Å². The molecule has 5 nitrogen and oxygen atoms in total. The topological polar surface area (TPSA) is 61.8 Å². The first-order valence-corrected chi connectivity index (χ1v) is 9.83. The fourth-order valence-corrected chi connectivity index (χ4v) is 5.44. The van der Waals surface area contributed by atoms with Crippen LogP contribution in [0.15, 0.2) is 11.6 Å². The SMILES string of the molecule is C=C(Cl)C(=O)OC12CC3CC(CC(C3)C1COCC(=O)OC(C)(C)C)C2.